The molecule has 0 radical (unpaired) electrons. The monoisotopic (exact) mass is 430 g/mol. The van der Waals surface area contributed by atoms with E-state index >= 15 is 0 Å². The van der Waals surface area contributed by atoms with Gasteiger partial charge >= 0.3 is 0 Å². The number of carbonyl (C=O) groups excluding carboxylic acids is 1. The number of hydrogen-bond acceptors (Lipinski definition) is 6. The third-order valence-electron chi connectivity index (χ3n) is 5.85. The van der Waals surface area contributed by atoms with Crippen molar-refractivity contribution >= 4 is 23.5 Å². The summed E-state index contributed by atoms with van der Waals surface area (Å²) in [4.78, 5) is 27.9. The number of rotatable bonds is 6. The molecule has 1 N–H and O–H groups in total. The van der Waals surface area contributed by atoms with Gasteiger partial charge in [-0.15, -0.1) is 0 Å². The predicted octanol–water partition coefficient (Wildman–Crippen LogP) is 2.06. The Balaban J connectivity index is 1.44. The molecule has 2 aromatic rings. The molecule has 2 aliphatic heterocycles. The van der Waals surface area contributed by atoms with Crippen molar-refractivity contribution < 1.29 is 14.1 Å². The maximum atomic E-state index is 12.5. The number of quaternary nitrogens is 1. The number of likely N-dealkylation sites (N-methyl/N-ethyl adjacent to an activating group) is 1. The Kier molecular flexibility index (Phi) is 6.63. The molecule has 0 bridgehead atoms. The summed E-state index contributed by atoms with van der Waals surface area (Å²) >= 11 is 1.57. The van der Waals surface area contributed by atoms with Gasteiger partial charge in [0.1, 0.15) is 11.6 Å². The maximum absolute atomic E-state index is 12.5. The molecule has 4 rings (SSSR count). The molecule has 2 aliphatic rings. The lowest BCUT2D eigenvalue weighted by Crippen LogP contribution is -3.12. The number of aromatic nitrogens is 2. The first kappa shape index (κ1) is 21.2. The van der Waals surface area contributed by atoms with Gasteiger partial charge in [0.15, 0.2) is 10.9 Å². The SMILES string of the molecule is CC(C)c1cc(N2CC[NH+](C)CC2)nc(SCc2ccc(C(=O)N3CCCC3)o2)n1. The summed E-state index contributed by atoms with van der Waals surface area (Å²) in [7, 11) is 2.24. The van der Waals surface area contributed by atoms with Gasteiger partial charge in [-0.2, -0.15) is 0 Å². The Hall–Kier alpha value is -2.06. The zero-order valence-corrected chi connectivity index (χ0v) is 19.0. The highest BCUT2D eigenvalue weighted by Crippen LogP contribution is 2.26. The van der Waals surface area contributed by atoms with Gasteiger partial charge in [0.25, 0.3) is 5.91 Å². The molecule has 8 heteroatoms. The molecule has 2 saturated heterocycles. The van der Waals surface area contributed by atoms with Crippen LogP contribution in [0.2, 0.25) is 0 Å². The molecular weight excluding hydrogens is 398 g/mol. The van der Waals surface area contributed by atoms with Crippen LogP contribution in [0, 0.1) is 0 Å². The van der Waals surface area contributed by atoms with Gasteiger partial charge in [0.2, 0.25) is 0 Å². The minimum absolute atomic E-state index is 0.00119. The molecular formula is C22H32N5O2S+. The first-order valence-corrected chi connectivity index (χ1v) is 11.9. The Morgan fingerprint density at radius 2 is 1.90 bits per heavy atom. The lowest BCUT2D eigenvalue weighted by molar-refractivity contribution is -0.880. The predicted molar refractivity (Wildman–Crippen MR) is 118 cm³/mol. The van der Waals surface area contributed by atoms with Crippen LogP contribution >= 0.6 is 11.8 Å². The molecule has 7 nitrogen and oxygen atoms in total. The van der Waals surface area contributed by atoms with Crippen LogP contribution in [0.25, 0.3) is 0 Å². The lowest BCUT2D eigenvalue weighted by Gasteiger charge is -2.31. The fourth-order valence-electron chi connectivity index (χ4n) is 3.85. The molecule has 162 valence electrons. The van der Waals surface area contributed by atoms with E-state index in [1.165, 1.54) is 0 Å². The highest BCUT2D eigenvalue weighted by atomic mass is 32.2. The number of nitrogens with one attached hydrogen (secondary N) is 1. The van der Waals surface area contributed by atoms with E-state index in [1.807, 2.05) is 11.0 Å². The van der Waals surface area contributed by atoms with E-state index in [2.05, 4.69) is 31.9 Å². The second kappa shape index (κ2) is 9.39. The molecule has 0 saturated carbocycles. The van der Waals surface area contributed by atoms with Gasteiger partial charge < -0.3 is 19.1 Å². The molecule has 30 heavy (non-hydrogen) atoms. The average molecular weight is 431 g/mol. The average Bonchev–Trinajstić information content (AvgIpc) is 3.44. The minimum Gasteiger partial charge on any atom is -0.455 e. The van der Waals surface area contributed by atoms with Crippen molar-refractivity contribution in [3.8, 4) is 0 Å². The topological polar surface area (TPSA) is 66.9 Å². The van der Waals surface area contributed by atoms with Gasteiger partial charge in [-0.1, -0.05) is 25.6 Å². The highest BCUT2D eigenvalue weighted by Gasteiger charge is 2.23. The van der Waals surface area contributed by atoms with E-state index in [1.54, 1.807) is 22.7 Å². The molecule has 0 atom stereocenters. The quantitative estimate of drug-likeness (QED) is 0.559. The summed E-state index contributed by atoms with van der Waals surface area (Å²) in [5.74, 6) is 3.20. The number of thioether (sulfide) groups is 1. The summed E-state index contributed by atoms with van der Waals surface area (Å²) in [6, 6.07) is 5.82. The number of carbonyl (C=O) groups is 1. The molecule has 2 fully saturated rings. The van der Waals surface area contributed by atoms with Crippen molar-refractivity contribution in [1.29, 1.82) is 0 Å². The highest BCUT2D eigenvalue weighted by molar-refractivity contribution is 7.98. The van der Waals surface area contributed by atoms with Crippen LogP contribution in [0.15, 0.2) is 27.8 Å². The van der Waals surface area contributed by atoms with Crippen molar-refractivity contribution in [1.82, 2.24) is 14.9 Å². The summed E-state index contributed by atoms with van der Waals surface area (Å²) in [5.41, 5.74) is 1.07. The summed E-state index contributed by atoms with van der Waals surface area (Å²) in [5, 5.41) is 0.770. The number of likely N-dealkylation sites (tertiary alicyclic amines) is 1. The maximum Gasteiger partial charge on any atom is 0.289 e. The standard InChI is InChI=1S/C22H31N5O2S/c1-16(2)18-14-20(26-12-10-25(3)11-13-26)24-22(23-18)30-15-17-6-7-19(29-17)21(28)27-8-4-5-9-27/h6-7,14,16H,4-5,8-13,15H2,1-3H3/p+1. The van der Waals surface area contributed by atoms with Crippen LogP contribution in [0.4, 0.5) is 5.82 Å². The van der Waals surface area contributed by atoms with Crippen LogP contribution in [-0.2, 0) is 5.75 Å². The first-order chi connectivity index (χ1) is 14.5. The van der Waals surface area contributed by atoms with Crippen molar-refractivity contribution in [3.63, 3.8) is 0 Å². The van der Waals surface area contributed by atoms with Gasteiger partial charge in [0.05, 0.1) is 39.0 Å². The van der Waals surface area contributed by atoms with Crippen LogP contribution in [0.3, 0.4) is 0 Å². The zero-order chi connectivity index (χ0) is 21.1. The van der Waals surface area contributed by atoms with Crippen LogP contribution in [-0.4, -0.2) is 67.1 Å². The van der Waals surface area contributed by atoms with Crippen molar-refractivity contribution in [2.45, 2.75) is 43.5 Å². The van der Waals surface area contributed by atoms with Gasteiger partial charge in [0, 0.05) is 24.8 Å². The van der Waals surface area contributed by atoms with E-state index in [-0.39, 0.29) is 5.91 Å². The van der Waals surface area contributed by atoms with E-state index < -0.39 is 0 Å². The van der Waals surface area contributed by atoms with E-state index in [9.17, 15) is 4.79 Å². The van der Waals surface area contributed by atoms with Crippen LogP contribution < -0.4 is 9.80 Å². The molecule has 4 heterocycles. The lowest BCUT2D eigenvalue weighted by atomic mass is 10.1. The van der Waals surface area contributed by atoms with Crippen LogP contribution in [0.1, 0.15) is 54.6 Å². The fraction of sp³-hybridized carbons (Fsp3) is 0.591. The second-order valence-corrected chi connectivity index (χ2v) is 9.53. The Bertz CT molecular complexity index is 870. The van der Waals surface area contributed by atoms with Gasteiger partial charge in [-0.3, -0.25) is 4.79 Å². The normalized spacial score (nSPS) is 17.9. The molecule has 0 spiro atoms. The number of anilines is 1. The van der Waals surface area contributed by atoms with Crippen molar-refractivity contribution in [2.24, 2.45) is 0 Å². The zero-order valence-electron chi connectivity index (χ0n) is 18.2. The fourth-order valence-corrected chi connectivity index (χ4v) is 4.61. The van der Waals surface area contributed by atoms with E-state index in [4.69, 9.17) is 14.4 Å². The Morgan fingerprint density at radius 1 is 1.17 bits per heavy atom. The third-order valence-corrected chi connectivity index (χ3v) is 6.72. The largest absolute Gasteiger partial charge is 0.455 e. The third kappa shape index (κ3) is 4.98. The smallest absolute Gasteiger partial charge is 0.289 e. The number of nitrogens with zero attached hydrogens (tertiary/aromatic N) is 4. The second-order valence-electron chi connectivity index (χ2n) is 8.59. The molecule has 1 amide bonds. The van der Waals surface area contributed by atoms with E-state index in [0.29, 0.717) is 17.4 Å². The molecule has 0 aliphatic carbocycles. The number of piperazine rings is 1. The van der Waals surface area contributed by atoms with Gasteiger partial charge in [-0.05, 0) is 30.9 Å². The van der Waals surface area contributed by atoms with Gasteiger partial charge in [-0.25, -0.2) is 9.97 Å². The first-order valence-electron chi connectivity index (χ1n) is 11.0. The molecule has 0 unspecified atom stereocenters. The number of amides is 1. The molecule has 2 aromatic heterocycles. The number of furan rings is 1. The minimum atomic E-state index is 0.00119. The Labute approximate surface area is 182 Å². The summed E-state index contributed by atoms with van der Waals surface area (Å²) < 4.78 is 5.83. The van der Waals surface area contributed by atoms with Crippen molar-refractivity contribution in [3.05, 3.63) is 35.4 Å². The number of hydrogen-bond donors (Lipinski definition) is 1. The van der Waals surface area contributed by atoms with E-state index in [0.717, 1.165) is 74.5 Å². The van der Waals surface area contributed by atoms with Crippen molar-refractivity contribution in [2.75, 3.05) is 51.2 Å². The Morgan fingerprint density at radius 3 is 2.60 bits per heavy atom. The van der Waals surface area contributed by atoms with Crippen LogP contribution in [0.5, 0.6) is 0 Å². The summed E-state index contributed by atoms with van der Waals surface area (Å²) in [6.45, 7) is 10.3. The molecule has 0 aromatic carbocycles. The summed E-state index contributed by atoms with van der Waals surface area (Å²) in [6.07, 6.45) is 2.16.